The molecule has 118 valence electrons. The zero-order valence-corrected chi connectivity index (χ0v) is 12.1. The Labute approximate surface area is 135 Å². The molecule has 0 amide bonds. The van der Waals surface area contributed by atoms with Crippen molar-refractivity contribution in [3.05, 3.63) is 64.9 Å². The summed E-state index contributed by atoms with van der Waals surface area (Å²) in [6, 6.07) is 4.59. The normalized spacial score (nSPS) is 21.4. The molecule has 7 heteroatoms. The molecule has 1 atom stereocenters. The molecule has 1 aromatic carbocycles. The van der Waals surface area contributed by atoms with Crippen LogP contribution in [-0.2, 0) is 19.1 Å². The highest BCUT2D eigenvalue weighted by Gasteiger charge is 2.30. The maximum atomic E-state index is 11.7. The van der Waals surface area contributed by atoms with Crippen molar-refractivity contribution in [3.8, 4) is 0 Å². The molecular formula is C17H9NO6. The lowest BCUT2D eigenvalue weighted by molar-refractivity contribution is -0.159. The third kappa shape index (κ3) is 2.23. The average molecular weight is 323 g/mol. The maximum absolute atomic E-state index is 11.7. The topological polar surface area (TPSA) is 98.8 Å². The summed E-state index contributed by atoms with van der Waals surface area (Å²) in [5.74, 6) is -3.30. The number of nitrogens with one attached hydrogen (secondary N) is 1. The molecule has 24 heavy (non-hydrogen) atoms. The number of hydrogen-bond donors (Lipinski definition) is 1. The van der Waals surface area contributed by atoms with Gasteiger partial charge >= 0.3 is 23.9 Å². The largest absolute Gasteiger partial charge is 0.389 e. The zero-order chi connectivity index (χ0) is 16.8. The van der Waals surface area contributed by atoms with Crippen molar-refractivity contribution in [3.63, 3.8) is 0 Å². The molecular weight excluding hydrogens is 314 g/mol. The molecule has 0 spiro atoms. The minimum atomic E-state index is -0.706. The number of hydrogen-bond acceptors (Lipinski definition) is 7. The number of cyclic esters (lactones) is 4. The second-order valence-corrected chi connectivity index (χ2v) is 5.38. The maximum Gasteiger partial charge on any atom is 0.346 e. The summed E-state index contributed by atoms with van der Waals surface area (Å²) in [6.45, 7) is 0. The molecule has 0 radical (unpaired) electrons. The Bertz CT molecular complexity index is 921. The molecule has 0 fully saturated rings. The molecule has 0 aromatic heterocycles. The van der Waals surface area contributed by atoms with Crippen LogP contribution in [0.2, 0.25) is 0 Å². The lowest BCUT2D eigenvalue weighted by Gasteiger charge is -2.13. The first kappa shape index (κ1) is 14.1. The Hall–Kier alpha value is -3.48. The number of allylic oxidation sites excluding steroid dienone is 1. The van der Waals surface area contributed by atoms with Crippen LogP contribution in [0.3, 0.4) is 0 Å². The number of carbonyl (C=O) groups is 4. The van der Waals surface area contributed by atoms with E-state index in [4.69, 9.17) is 0 Å². The average Bonchev–Trinajstić information content (AvgIpc) is 2.72. The van der Waals surface area contributed by atoms with E-state index in [0.717, 1.165) is 0 Å². The van der Waals surface area contributed by atoms with Gasteiger partial charge in [-0.05, 0) is 30.4 Å². The van der Waals surface area contributed by atoms with Crippen molar-refractivity contribution in [2.75, 3.05) is 5.32 Å². The predicted octanol–water partition coefficient (Wildman–Crippen LogP) is 1.49. The third-order valence-corrected chi connectivity index (χ3v) is 3.79. The van der Waals surface area contributed by atoms with E-state index in [0.29, 0.717) is 11.4 Å². The van der Waals surface area contributed by atoms with Crippen LogP contribution in [-0.4, -0.2) is 23.9 Å². The van der Waals surface area contributed by atoms with Crippen LogP contribution in [0.5, 0.6) is 0 Å². The molecule has 2 aliphatic heterocycles. The van der Waals surface area contributed by atoms with E-state index in [1.54, 1.807) is 24.3 Å². The Morgan fingerprint density at radius 2 is 1.71 bits per heavy atom. The summed E-state index contributed by atoms with van der Waals surface area (Å²) in [7, 11) is 0. The Morgan fingerprint density at radius 3 is 2.54 bits per heavy atom. The predicted molar refractivity (Wildman–Crippen MR) is 79.7 cm³/mol. The molecule has 1 N–H and O–H groups in total. The first-order valence-electron chi connectivity index (χ1n) is 7.06. The van der Waals surface area contributed by atoms with Crippen molar-refractivity contribution < 1.29 is 28.7 Å². The van der Waals surface area contributed by atoms with Crippen LogP contribution in [0.1, 0.15) is 20.7 Å². The van der Waals surface area contributed by atoms with Gasteiger partial charge in [-0.25, -0.2) is 14.4 Å². The van der Waals surface area contributed by atoms with Gasteiger partial charge in [0.15, 0.2) is 0 Å². The third-order valence-electron chi connectivity index (χ3n) is 3.79. The SMILES string of the molecule is O=C1OC(=O)C2C=CC(Nc3ccc4c(c3)C(=O)OC4=O)=CC1=C2. The van der Waals surface area contributed by atoms with Gasteiger partial charge in [0.1, 0.15) is 0 Å². The summed E-state index contributed by atoms with van der Waals surface area (Å²) >= 11 is 0. The summed E-state index contributed by atoms with van der Waals surface area (Å²) in [6.07, 6.45) is 6.32. The van der Waals surface area contributed by atoms with Gasteiger partial charge < -0.3 is 14.8 Å². The summed E-state index contributed by atoms with van der Waals surface area (Å²) in [4.78, 5) is 46.3. The van der Waals surface area contributed by atoms with Crippen molar-refractivity contribution in [2.45, 2.75) is 0 Å². The fraction of sp³-hybridized carbons (Fsp3) is 0.0588. The molecule has 0 saturated carbocycles. The fourth-order valence-corrected chi connectivity index (χ4v) is 2.62. The van der Waals surface area contributed by atoms with Crippen molar-refractivity contribution in [1.82, 2.24) is 0 Å². The molecule has 4 rings (SSSR count). The number of carbonyl (C=O) groups excluding carboxylic acids is 4. The molecule has 7 nitrogen and oxygen atoms in total. The van der Waals surface area contributed by atoms with Crippen LogP contribution in [0.4, 0.5) is 5.69 Å². The number of benzene rings is 1. The fourth-order valence-electron chi connectivity index (χ4n) is 2.62. The highest BCUT2D eigenvalue weighted by atomic mass is 16.6. The second kappa shape index (κ2) is 5.02. The van der Waals surface area contributed by atoms with Crippen molar-refractivity contribution in [2.24, 2.45) is 5.92 Å². The van der Waals surface area contributed by atoms with E-state index < -0.39 is 29.8 Å². The smallest absolute Gasteiger partial charge is 0.346 e. The van der Waals surface area contributed by atoms with Crippen molar-refractivity contribution in [1.29, 1.82) is 0 Å². The van der Waals surface area contributed by atoms with E-state index >= 15 is 0 Å². The van der Waals surface area contributed by atoms with E-state index in [1.165, 1.54) is 18.2 Å². The Balaban J connectivity index is 1.65. The second-order valence-electron chi connectivity index (χ2n) is 5.38. The van der Waals surface area contributed by atoms with E-state index in [9.17, 15) is 19.2 Å². The molecule has 1 unspecified atom stereocenters. The van der Waals surface area contributed by atoms with E-state index in [1.807, 2.05) is 0 Å². The quantitative estimate of drug-likeness (QED) is 0.650. The molecule has 3 aliphatic rings. The molecule has 2 bridgehead atoms. The first-order chi connectivity index (χ1) is 11.5. The van der Waals surface area contributed by atoms with Gasteiger partial charge in [0.25, 0.3) is 0 Å². The standard InChI is InChI=1S/C17H9NO6/c19-14-8-1-2-10(6-9(5-8)15(20)23-14)18-11-3-4-12-13(7-11)17(22)24-16(12)21/h1-8,18H. The first-order valence-corrected chi connectivity index (χ1v) is 7.06. The summed E-state index contributed by atoms with van der Waals surface area (Å²) in [5, 5.41) is 3.03. The Morgan fingerprint density at radius 1 is 0.917 bits per heavy atom. The van der Waals surface area contributed by atoms with E-state index in [-0.39, 0.29) is 16.7 Å². The van der Waals surface area contributed by atoms with Gasteiger partial charge in [-0.3, -0.25) is 4.79 Å². The lowest BCUT2D eigenvalue weighted by atomic mass is 10.0. The van der Waals surface area contributed by atoms with Crippen LogP contribution >= 0.6 is 0 Å². The van der Waals surface area contributed by atoms with Gasteiger partial charge in [-0.2, -0.15) is 0 Å². The van der Waals surface area contributed by atoms with Crippen LogP contribution in [0.15, 0.2) is 53.8 Å². The van der Waals surface area contributed by atoms with Crippen LogP contribution in [0.25, 0.3) is 0 Å². The van der Waals surface area contributed by atoms with Gasteiger partial charge in [0.05, 0.1) is 22.6 Å². The highest BCUT2D eigenvalue weighted by molar-refractivity contribution is 6.15. The van der Waals surface area contributed by atoms with E-state index in [2.05, 4.69) is 14.8 Å². The molecule has 1 aliphatic carbocycles. The summed E-state index contributed by atoms with van der Waals surface area (Å²) in [5.41, 5.74) is 1.73. The van der Waals surface area contributed by atoms with Crippen LogP contribution in [0, 0.1) is 5.92 Å². The minimum absolute atomic E-state index is 0.177. The van der Waals surface area contributed by atoms with Gasteiger partial charge in [-0.1, -0.05) is 12.2 Å². The molecule has 0 saturated heterocycles. The number of ether oxygens (including phenoxy) is 2. The minimum Gasteiger partial charge on any atom is -0.389 e. The van der Waals surface area contributed by atoms with Gasteiger partial charge in [-0.15, -0.1) is 0 Å². The van der Waals surface area contributed by atoms with Crippen LogP contribution < -0.4 is 5.32 Å². The number of rotatable bonds is 2. The van der Waals surface area contributed by atoms with Gasteiger partial charge in [0, 0.05) is 11.4 Å². The zero-order valence-electron chi connectivity index (χ0n) is 12.1. The number of fused-ring (bicyclic) bond motifs is 2. The summed E-state index contributed by atoms with van der Waals surface area (Å²) < 4.78 is 9.19. The van der Waals surface area contributed by atoms with Gasteiger partial charge in [0.2, 0.25) is 0 Å². The number of esters is 4. The monoisotopic (exact) mass is 323 g/mol. The molecule has 2 heterocycles. The highest BCUT2D eigenvalue weighted by Crippen LogP contribution is 2.26. The molecule has 1 aromatic rings. The number of anilines is 1. The Kier molecular flexibility index (Phi) is 2.96. The van der Waals surface area contributed by atoms with Crippen molar-refractivity contribution >= 4 is 29.6 Å². The lowest BCUT2D eigenvalue weighted by Crippen LogP contribution is -2.24.